The third-order valence-corrected chi connectivity index (χ3v) is 2.36. The van der Waals surface area contributed by atoms with Crippen LogP contribution in [0.2, 0.25) is 0 Å². The molecule has 0 saturated carbocycles. The minimum absolute atomic E-state index is 0.0119. The van der Waals surface area contributed by atoms with Crippen molar-refractivity contribution < 1.29 is 19.1 Å². The van der Waals surface area contributed by atoms with E-state index in [-0.39, 0.29) is 5.82 Å². The van der Waals surface area contributed by atoms with Gasteiger partial charge in [0.25, 0.3) is 0 Å². The molecule has 0 aromatic carbocycles. The molecule has 1 aromatic heterocycles. The Hall–Kier alpha value is -1.70. The summed E-state index contributed by atoms with van der Waals surface area (Å²) in [5.74, 6) is 0.0119. The van der Waals surface area contributed by atoms with E-state index >= 15 is 0 Å². The van der Waals surface area contributed by atoms with Crippen molar-refractivity contribution in [3.63, 3.8) is 0 Å². The predicted octanol–water partition coefficient (Wildman–Crippen LogP) is 3.92. The van der Waals surface area contributed by atoms with Crippen LogP contribution in [-0.4, -0.2) is 33.4 Å². The molecule has 0 aliphatic heterocycles. The van der Waals surface area contributed by atoms with Crippen LogP contribution in [0.25, 0.3) is 0 Å². The lowest BCUT2D eigenvalue weighted by atomic mass is 10.2. The number of hydrogen-bond donors (Lipinski definition) is 0. The molecule has 0 spiro atoms. The lowest BCUT2D eigenvalue weighted by Crippen LogP contribution is -2.44. The van der Waals surface area contributed by atoms with Gasteiger partial charge in [-0.3, -0.25) is 4.98 Å². The summed E-state index contributed by atoms with van der Waals surface area (Å²) in [5, 5.41) is 0. The molecule has 7 nitrogen and oxygen atoms in total. The fourth-order valence-electron chi connectivity index (χ4n) is 1.32. The fourth-order valence-corrected chi connectivity index (χ4v) is 1.62. The molecule has 0 aliphatic carbocycles. The van der Waals surface area contributed by atoms with Crippen molar-refractivity contribution in [3.05, 3.63) is 17.0 Å². The van der Waals surface area contributed by atoms with Gasteiger partial charge in [0.15, 0.2) is 5.82 Å². The zero-order valence-electron chi connectivity index (χ0n) is 13.5. The van der Waals surface area contributed by atoms with E-state index in [0.717, 1.165) is 0 Å². The van der Waals surface area contributed by atoms with Gasteiger partial charge in [0.05, 0.1) is 12.4 Å². The Kier molecular flexibility index (Phi) is 5.50. The molecular weight excluding hydrogens is 354 g/mol. The Morgan fingerprint density at radius 2 is 1.45 bits per heavy atom. The zero-order valence-corrected chi connectivity index (χ0v) is 15.1. The quantitative estimate of drug-likeness (QED) is 0.741. The van der Waals surface area contributed by atoms with E-state index in [1.165, 1.54) is 12.4 Å². The predicted molar refractivity (Wildman–Crippen MR) is 84.7 cm³/mol. The van der Waals surface area contributed by atoms with Gasteiger partial charge in [-0.1, -0.05) is 0 Å². The summed E-state index contributed by atoms with van der Waals surface area (Å²) in [6.07, 6.45) is 0.952. The van der Waals surface area contributed by atoms with Crippen LogP contribution >= 0.6 is 15.9 Å². The average Bonchev–Trinajstić information content (AvgIpc) is 2.23. The van der Waals surface area contributed by atoms with Crippen LogP contribution < -0.4 is 4.90 Å². The van der Waals surface area contributed by atoms with Crippen molar-refractivity contribution in [3.8, 4) is 0 Å². The Labute approximate surface area is 138 Å². The molecule has 0 unspecified atom stereocenters. The Bertz CT molecular complexity index is 536. The second-order valence-corrected chi connectivity index (χ2v) is 7.31. The van der Waals surface area contributed by atoms with E-state index in [1.807, 2.05) is 0 Å². The second kappa shape index (κ2) is 6.60. The van der Waals surface area contributed by atoms with Crippen molar-refractivity contribution in [1.29, 1.82) is 0 Å². The van der Waals surface area contributed by atoms with Crippen molar-refractivity contribution in [2.24, 2.45) is 0 Å². The third kappa shape index (κ3) is 5.97. The molecule has 122 valence electrons. The monoisotopic (exact) mass is 373 g/mol. The minimum atomic E-state index is -0.880. The van der Waals surface area contributed by atoms with Gasteiger partial charge in [-0.15, -0.1) is 0 Å². The summed E-state index contributed by atoms with van der Waals surface area (Å²) >= 11 is 3.15. The summed E-state index contributed by atoms with van der Waals surface area (Å²) < 4.78 is 10.8. The van der Waals surface area contributed by atoms with E-state index in [2.05, 4.69) is 25.9 Å². The molecule has 1 aromatic rings. The number of halogens is 1. The molecule has 0 fully saturated rings. The molecule has 0 radical (unpaired) electrons. The van der Waals surface area contributed by atoms with Crippen molar-refractivity contribution in [2.75, 3.05) is 4.90 Å². The number of ether oxygens (including phenoxy) is 2. The van der Waals surface area contributed by atoms with Gasteiger partial charge in [-0.2, -0.15) is 4.90 Å². The largest absolute Gasteiger partial charge is 0.443 e. The maximum Gasteiger partial charge on any atom is 0.425 e. The molecule has 2 amide bonds. The van der Waals surface area contributed by atoms with E-state index in [9.17, 15) is 9.59 Å². The van der Waals surface area contributed by atoms with Crippen molar-refractivity contribution >= 4 is 33.9 Å². The highest BCUT2D eigenvalue weighted by atomic mass is 79.9. The van der Waals surface area contributed by atoms with Gasteiger partial charge in [0, 0.05) is 0 Å². The van der Waals surface area contributed by atoms with E-state index in [1.54, 1.807) is 41.5 Å². The first kappa shape index (κ1) is 18.3. The van der Waals surface area contributed by atoms with E-state index in [4.69, 9.17) is 9.47 Å². The number of imide groups is 1. The molecule has 22 heavy (non-hydrogen) atoms. The molecular formula is C14H20BrN3O4. The van der Waals surface area contributed by atoms with E-state index in [0.29, 0.717) is 9.50 Å². The SMILES string of the molecule is CC(C)(C)OC(=O)N(C(=O)OC(C)(C)C)c1cncc(Br)n1. The molecule has 0 N–H and O–H groups in total. The zero-order chi connectivity index (χ0) is 17.1. The number of aromatic nitrogens is 2. The molecule has 0 atom stereocenters. The molecule has 1 heterocycles. The van der Waals surface area contributed by atoms with Crippen LogP contribution in [-0.2, 0) is 9.47 Å². The van der Waals surface area contributed by atoms with Gasteiger partial charge in [0.2, 0.25) is 0 Å². The third-order valence-electron chi connectivity index (χ3n) is 1.97. The van der Waals surface area contributed by atoms with Crippen molar-refractivity contribution in [2.45, 2.75) is 52.7 Å². The topological polar surface area (TPSA) is 81.6 Å². The smallest absolute Gasteiger partial charge is 0.425 e. The molecule has 0 aliphatic rings. The summed E-state index contributed by atoms with van der Waals surface area (Å²) in [5.41, 5.74) is -1.53. The Morgan fingerprint density at radius 3 is 1.82 bits per heavy atom. The highest BCUT2D eigenvalue weighted by molar-refractivity contribution is 9.10. The number of rotatable bonds is 1. The fraction of sp³-hybridized carbons (Fsp3) is 0.571. The highest BCUT2D eigenvalue weighted by Crippen LogP contribution is 2.20. The van der Waals surface area contributed by atoms with E-state index < -0.39 is 23.4 Å². The maximum atomic E-state index is 12.3. The number of carbonyl (C=O) groups excluding carboxylic acids is 2. The molecule has 0 saturated heterocycles. The van der Waals surface area contributed by atoms with Gasteiger partial charge < -0.3 is 9.47 Å². The van der Waals surface area contributed by atoms with Gasteiger partial charge >= 0.3 is 12.2 Å². The summed E-state index contributed by atoms with van der Waals surface area (Å²) in [7, 11) is 0. The first-order chi connectivity index (χ1) is 9.89. The van der Waals surface area contributed by atoms with Crippen LogP contribution in [0.4, 0.5) is 15.4 Å². The Morgan fingerprint density at radius 1 is 1.00 bits per heavy atom. The molecule has 0 bridgehead atoms. The number of carbonyl (C=O) groups is 2. The number of amides is 2. The van der Waals surface area contributed by atoms with Gasteiger partial charge in [-0.05, 0) is 57.5 Å². The average molecular weight is 374 g/mol. The van der Waals surface area contributed by atoms with Crippen LogP contribution in [0.1, 0.15) is 41.5 Å². The number of hydrogen-bond acceptors (Lipinski definition) is 6. The van der Waals surface area contributed by atoms with Crippen LogP contribution in [0.3, 0.4) is 0 Å². The molecule has 8 heteroatoms. The summed E-state index contributed by atoms with van der Waals surface area (Å²) in [6.45, 7) is 10.2. The van der Waals surface area contributed by atoms with Crippen molar-refractivity contribution in [1.82, 2.24) is 9.97 Å². The summed E-state index contributed by atoms with van der Waals surface area (Å²) in [6, 6.07) is 0. The number of nitrogens with zero attached hydrogens (tertiary/aromatic N) is 3. The molecule has 1 rings (SSSR count). The summed E-state index contributed by atoms with van der Waals surface area (Å²) in [4.78, 5) is 33.3. The van der Waals surface area contributed by atoms with Gasteiger partial charge in [0.1, 0.15) is 15.8 Å². The van der Waals surface area contributed by atoms with Crippen LogP contribution in [0.15, 0.2) is 17.0 Å². The first-order valence-electron chi connectivity index (χ1n) is 6.63. The lowest BCUT2D eigenvalue weighted by molar-refractivity contribution is 0.0429. The van der Waals surface area contributed by atoms with Crippen LogP contribution in [0, 0.1) is 0 Å². The highest BCUT2D eigenvalue weighted by Gasteiger charge is 2.33. The minimum Gasteiger partial charge on any atom is -0.443 e. The standard InChI is InChI=1S/C14H20BrN3O4/c1-13(2,3)21-11(19)18(12(20)22-14(4,5)6)10-8-16-7-9(15)17-10/h7-8H,1-6H3. The lowest BCUT2D eigenvalue weighted by Gasteiger charge is -2.27. The first-order valence-corrected chi connectivity index (χ1v) is 7.42. The number of anilines is 1. The maximum absolute atomic E-state index is 12.3. The Balaban J connectivity index is 3.15. The second-order valence-electron chi connectivity index (χ2n) is 6.50. The van der Waals surface area contributed by atoms with Crippen LogP contribution in [0.5, 0.6) is 0 Å². The normalized spacial score (nSPS) is 11.8. The van der Waals surface area contributed by atoms with Gasteiger partial charge in [-0.25, -0.2) is 14.6 Å².